The van der Waals surface area contributed by atoms with Crippen LogP contribution in [0.4, 0.5) is 0 Å². The highest BCUT2D eigenvalue weighted by Crippen LogP contribution is 2.19. The van der Waals surface area contributed by atoms with E-state index in [1.165, 1.54) is 0 Å². The highest BCUT2D eigenvalue weighted by molar-refractivity contribution is 5.90. The fraction of sp³-hybridized carbons (Fsp3) is 0.176. The number of methoxy groups -OCH3 is 1. The van der Waals surface area contributed by atoms with Crippen molar-refractivity contribution in [2.75, 3.05) is 7.11 Å². The van der Waals surface area contributed by atoms with Gasteiger partial charge in [-0.15, -0.1) is 0 Å². The summed E-state index contributed by atoms with van der Waals surface area (Å²) < 4.78 is 5.07. The van der Waals surface area contributed by atoms with E-state index in [1.807, 2.05) is 42.5 Å². The number of benzene rings is 2. The van der Waals surface area contributed by atoms with Crippen LogP contribution in [0.1, 0.15) is 17.0 Å². The molecule has 20 heavy (non-hydrogen) atoms. The van der Waals surface area contributed by atoms with Crippen LogP contribution in [0.5, 0.6) is 5.75 Å². The molecule has 1 atom stereocenters. The summed E-state index contributed by atoms with van der Waals surface area (Å²) in [7, 11) is 1.60. The number of carbonyl (C=O) groups is 1. The van der Waals surface area contributed by atoms with Crippen LogP contribution in [-0.4, -0.2) is 12.9 Å². The van der Waals surface area contributed by atoms with Crippen molar-refractivity contribution < 1.29 is 9.53 Å². The van der Waals surface area contributed by atoms with Gasteiger partial charge in [-0.1, -0.05) is 42.5 Å². The van der Waals surface area contributed by atoms with Gasteiger partial charge >= 0.3 is 0 Å². The van der Waals surface area contributed by atoms with E-state index in [9.17, 15) is 10.1 Å². The number of hydrogen-bond donors (Lipinski definition) is 0. The molecule has 0 bridgehead atoms. The van der Waals surface area contributed by atoms with Gasteiger partial charge in [-0.3, -0.25) is 4.79 Å². The molecule has 2 rings (SSSR count). The third kappa shape index (κ3) is 3.24. The maximum absolute atomic E-state index is 12.2. The predicted molar refractivity (Wildman–Crippen MR) is 76.5 cm³/mol. The van der Waals surface area contributed by atoms with Crippen molar-refractivity contribution in [3.8, 4) is 11.8 Å². The first-order valence-corrected chi connectivity index (χ1v) is 6.35. The largest absolute Gasteiger partial charge is 0.497 e. The van der Waals surface area contributed by atoms with Gasteiger partial charge in [-0.2, -0.15) is 5.26 Å². The molecule has 2 aromatic carbocycles. The van der Waals surface area contributed by atoms with Crippen LogP contribution >= 0.6 is 0 Å². The second-order valence-corrected chi connectivity index (χ2v) is 4.46. The highest BCUT2D eigenvalue weighted by atomic mass is 16.5. The number of ketones is 1. The highest BCUT2D eigenvalue weighted by Gasteiger charge is 2.19. The van der Waals surface area contributed by atoms with Crippen LogP contribution in [-0.2, 0) is 11.2 Å². The molecular formula is C17H15NO2. The Bertz CT molecular complexity index is 612. The molecule has 0 aliphatic carbocycles. The van der Waals surface area contributed by atoms with Crippen molar-refractivity contribution in [3.63, 3.8) is 0 Å². The Morgan fingerprint density at radius 2 is 1.80 bits per heavy atom. The first-order chi connectivity index (χ1) is 9.74. The lowest BCUT2D eigenvalue weighted by atomic mass is 9.92. The Kier molecular flexibility index (Phi) is 4.52. The SMILES string of the molecule is COc1ccc(CC(=O)C(C#N)c2ccccc2)cc1. The Balaban J connectivity index is 2.12. The van der Waals surface area contributed by atoms with E-state index in [0.717, 1.165) is 16.9 Å². The predicted octanol–water partition coefficient (Wildman–Crippen LogP) is 3.11. The lowest BCUT2D eigenvalue weighted by molar-refractivity contribution is -0.118. The first kappa shape index (κ1) is 13.8. The maximum atomic E-state index is 12.2. The Morgan fingerprint density at radius 1 is 1.15 bits per heavy atom. The van der Waals surface area contributed by atoms with Gasteiger partial charge in [0.1, 0.15) is 11.7 Å². The third-order valence-corrected chi connectivity index (χ3v) is 3.12. The molecule has 100 valence electrons. The number of hydrogen-bond acceptors (Lipinski definition) is 3. The zero-order valence-corrected chi connectivity index (χ0v) is 11.2. The van der Waals surface area contributed by atoms with Gasteiger partial charge in [-0.05, 0) is 23.3 Å². The lowest BCUT2D eigenvalue weighted by Crippen LogP contribution is -2.13. The van der Waals surface area contributed by atoms with Crippen molar-refractivity contribution in [1.82, 2.24) is 0 Å². The average molecular weight is 265 g/mol. The zero-order valence-electron chi connectivity index (χ0n) is 11.2. The third-order valence-electron chi connectivity index (χ3n) is 3.12. The van der Waals surface area contributed by atoms with Crippen LogP contribution in [0.15, 0.2) is 54.6 Å². The van der Waals surface area contributed by atoms with E-state index >= 15 is 0 Å². The number of ether oxygens (including phenoxy) is 1. The van der Waals surface area contributed by atoms with E-state index < -0.39 is 5.92 Å². The summed E-state index contributed by atoms with van der Waals surface area (Å²) in [6.07, 6.45) is 0.247. The Hall–Kier alpha value is -2.60. The van der Waals surface area contributed by atoms with Crippen LogP contribution < -0.4 is 4.74 Å². The van der Waals surface area contributed by atoms with Gasteiger partial charge < -0.3 is 4.74 Å². The Morgan fingerprint density at radius 3 is 2.35 bits per heavy atom. The molecule has 3 nitrogen and oxygen atoms in total. The molecule has 3 heteroatoms. The van der Waals surface area contributed by atoms with Gasteiger partial charge in [-0.25, -0.2) is 0 Å². The fourth-order valence-corrected chi connectivity index (χ4v) is 2.02. The molecule has 0 spiro atoms. The molecule has 0 aliphatic heterocycles. The fourth-order valence-electron chi connectivity index (χ4n) is 2.02. The number of Topliss-reactive ketones (excluding diaryl/α,β-unsaturated/α-hetero) is 1. The van der Waals surface area contributed by atoms with Crippen LogP contribution in [0.25, 0.3) is 0 Å². The molecule has 0 aliphatic rings. The maximum Gasteiger partial charge on any atom is 0.158 e. The molecule has 0 radical (unpaired) electrons. The minimum absolute atomic E-state index is 0.0936. The van der Waals surface area contributed by atoms with Gasteiger partial charge in [0.25, 0.3) is 0 Å². The minimum atomic E-state index is -0.710. The van der Waals surface area contributed by atoms with E-state index in [2.05, 4.69) is 6.07 Å². The number of carbonyl (C=O) groups excluding carboxylic acids is 1. The second kappa shape index (κ2) is 6.53. The quantitative estimate of drug-likeness (QED) is 0.834. The molecule has 0 N–H and O–H groups in total. The van der Waals surface area contributed by atoms with Crippen molar-refractivity contribution in [2.45, 2.75) is 12.3 Å². The number of nitriles is 1. The summed E-state index contributed by atoms with van der Waals surface area (Å²) in [6, 6.07) is 18.5. The first-order valence-electron chi connectivity index (χ1n) is 6.35. The summed E-state index contributed by atoms with van der Waals surface area (Å²) in [6.45, 7) is 0. The normalized spacial score (nSPS) is 11.4. The summed E-state index contributed by atoms with van der Waals surface area (Å²) in [5.41, 5.74) is 1.63. The molecule has 0 heterocycles. The summed E-state index contributed by atoms with van der Waals surface area (Å²) in [5.74, 6) is -0.0525. The molecule has 1 unspecified atom stereocenters. The van der Waals surface area contributed by atoms with Gasteiger partial charge in [0, 0.05) is 6.42 Å². The average Bonchev–Trinajstić information content (AvgIpc) is 2.50. The van der Waals surface area contributed by atoms with E-state index in [-0.39, 0.29) is 12.2 Å². The van der Waals surface area contributed by atoms with Crippen LogP contribution in [0.2, 0.25) is 0 Å². The summed E-state index contributed by atoms with van der Waals surface area (Å²) in [4.78, 5) is 12.2. The van der Waals surface area contributed by atoms with E-state index in [0.29, 0.717) is 0 Å². The second-order valence-electron chi connectivity index (χ2n) is 4.46. The zero-order chi connectivity index (χ0) is 14.4. The van der Waals surface area contributed by atoms with E-state index in [4.69, 9.17) is 4.74 Å². The lowest BCUT2D eigenvalue weighted by Gasteiger charge is -2.09. The van der Waals surface area contributed by atoms with Crippen molar-refractivity contribution in [2.24, 2.45) is 0 Å². The monoisotopic (exact) mass is 265 g/mol. The Labute approximate surface area is 118 Å². The molecule has 0 aromatic heterocycles. The van der Waals surface area contributed by atoms with Crippen molar-refractivity contribution >= 4 is 5.78 Å². The van der Waals surface area contributed by atoms with Gasteiger partial charge in [0.05, 0.1) is 13.2 Å². The van der Waals surface area contributed by atoms with Crippen LogP contribution in [0, 0.1) is 11.3 Å². The van der Waals surface area contributed by atoms with Crippen molar-refractivity contribution in [1.29, 1.82) is 5.26 Å². The number of nitrogens with zero attached hydrogens (tertiary/aromatic N) is 1. The van der Waals surface area contributed by atoms with Gasteiger partial charge in [0.15, 0.2) is 5.78 Å². The summed E-state index contributed by atoms with van der Waals surface area (Å²) >= 11 is 0. The van der Waals surface area contributed by atoms with Crippen molar-refractivity contribution in [3.05, 3.63) is 65.7 Å². The molecule has 0 saturated carbocycles. The molecule has 0 saturated heterocycles. The molecule has 0 amide bonds. The van der Waals surface area contributed by atoms with Gasteiger partial charge in [0.2, 0.25) is 0 Å². The molecular weight excluding hydrogens is 250 g/mol. The van der Waals surface area contributed by atoms with Crippen LogP contribution in [0.3, 0.4) is 0 Å². The topological polar surface area (TPSA) is 50.1 Å². The standard InChI is InChI=1S/C17H15NO2/c1-20-15-9-7-13(8-10-15)11-17(19)16(12-18)14-5-3-2-4-6-14/h2-10,16H,11H2,1H3. The summed E-state index contributed by atoms with van der Waals surface area (Å²) in [5, 5.41) is 9.22. The minimum Gasteiger partial charge on any atom is -0.497 e. The smallest absolute Gasteiger partial charge is 0.158 e. The number of rotatable bonds is 5. The molecule has 2 aromatic rings. The van der Waals surface area contributed by atoms with E-state index in [1.54, 1.807) is 19.2 Å². The molecule has 0 fully saturated rings.